The highest BCUT2D eigenvalue weighted by atomic mass is 31.2. The van der Waals surface area contributed by atoms with E-state index in [1.807, 2.05) is 33.3 Å². The molecule has 1 amide bonds. The van der Waals surface area contributed by atoms with Gasteiger partial charge in [0.25, 0.3) is 0 Å². The Morgan fingerprint density at radius 3 is 1.24 bits per heavy atom. The van der Waals surface area contributed by atoms with Crippen molar-refractivity contribution < 1.29 is 37.3 Å². The Kier molecular flexibility index (Phi) is 50.4. The Balaban J connectivity index is 5.20. The number of hydrogen-bond acceptors (Lipinski definition) is 6. The topological polar surface area (TPSA) is 111 Å². The summed E-state index contributed by atoms with van der Waals surface area (Å²) in [6, 6.07) is -0.848. The molecule has 0 bridgehead atoms. The second-order valence-corrected chi connectivity index (χ2v) is 23.3. The average Bonchev–Trinajstić information content (AvgIpc) is 3.33. The maximum atomic E-state index is 13.5. The van der Waals surface area contributed by atoms with Crippen LogP contribution in [0.1, 0.15) is 290 Å². The summed E-state index contributed by atoms with van der Waals surface area (Å²) in [5, 5.41) is 3.05. The van der Waals surface area contributed by atoms with E-state index in [-0.39, 0.29) is 31.5 Å². The molecule has 418 valence electrons. The van der Waals surface area contributed by atoms with Crippen molar-refractivity contribution in [3.8, 4) is 0 Å². The monoisotopic (exact) mass is 1020 g/mol. The molecule has 0 saturated carbocycles. The summed E-state index contributed by atoms with van der Waals surface area (Å²) in [7, 11) is 1.50. The normalized spacial score (nSPS) is 14.0. The molecular weight excluding hydrogens is 904 g/mol. The Hall–Kier alpha value is -1.77. The lowest BCUT2D eigenvalue weighted by molar-refractivity contribution is -0.870. The largest absolute Gasteiger partial charge is 0.472 e. The molecule has 0 saturated heterocycles. The van der Waals surface area contributed by atoms with Gasteiger partial charge in [0.1, 0.15) is 19.3 Å². The summed E-state index contributed by atoms with van der Waals surface area (Å²) in [5.74, 6) is -0.508. The molecule has 0 aromatic rings. The third kappa shape index (κ3) is 52.9. The van der Waals surface area contributed by atoms with Crippen molar-refractivity contribution in [1.82, 2.24) is 5.32 Å². The number of likely N-dealkylation sites (N-methyl/N-ethyl adjacent to an activating group) is 1. The van der Waals surface area contributed by atoms with E-state index < -0.39 is 20.0 Å². The third-order valence-corrected chi connectivity index (χ3v) is 14.5. The number of phosphoric ester groups is 1. The predicted octanol–water partition coefficient (Wildman–Crippen LogP) is 18.3. The van der Waals surface area contributed by atoms with Crippen LogP contribution in [0, 0.1) is 0 Å². The van der Waals surface area contributed by atoms with E-state index in [9.17, 15) is 19.0 Å². The maximum absolute atomic E-state index is 13.5. The predicted molar refractivity (Wildman–Crippen MR) is 305 cm³/mol. The van der Waals surface area contributed by atoms with Gasteiger partial charge in [-0.05, 0) is 76.7 Å². The first-order chi connectivity index (χ1) is 34.4. The number of amides is 1. The lowest BCUT2D eigenvalue weighted by Crippen LogP contribution is -2.47. The van der Waals surface area contributed by atoms with E-state index in [1.165, 1.54) is 173 Å². The molecule has 0 aliphatic carbocycles. The molecule has 3 atom stereocenters. The van der Waals surface area contributed by atoms with Crippen LogP contribution >= 0.6 is 7.82 Å². The van der Waals surface area contributed by atoms with Gasteiger partial charge >= 0.3 is 13.8 Å². The highest BCUT2D eigenvalue weighted by Gasteiger charge is 2.30. The smallest absolute Gasteiger partial charge is 0.456 e. The quantitative estimate of drug-likeness (QED) is 0.0205. The zero-order chi connectivity index (χ0) is 52.2. The third-order valence-electron chi connectivity index (χ3n) is 13.6. The Morgan fingerprint density at radius 1 is 0.479 bits per heavy atom. The number of rotatable bonds is 55. The van der Waals surface area contributed by atoms with E-state index >= 15 is 0 Å². The van der Waals surface area contributed by atoms with Crippen LogP contribution < -0.4 is 5.32 Å². The molecule has 0 aliphatic heterocycles. The molecular formula is C61H118N2O7P+. The highest BCUT2D eigenvalue weighted by molar-refractivity contribution is 7.47. The minimum Gasteiger partial charge on any atom is -0.456 e. The molecule has 0 aromatic carbocycles. The molecule has 0 radical (unpaired) electrons. The zero-order valence-corrected chi connectivity index (χ0v) is 48.6. The van der Waals surface area contributed by atoms with E-state index in [4.69, 9.17) is 13.8 Å². The van der Waals surface area contributed by atoms with Crippen LogP contribution in [-0.2, 0) is 27.9 Å². The summed E-state index contributed by atoms with van der Waals surface area (Å²) in [6.07, 6.45) is 61.4. The van der Waals surface area contributed by atoms with Crippen LogP contribution in [0.2, 0.25) is 0 Å². The standard InChI is InChI=1S/C61H117N2O7P/c1-7-10-13-16-19-22-25-27-28-29-30-31-32-33-34-36-39-41-44-47-50-53-60(64)62-58(57-69-71(66,67)68-56-55-63(4,5)6)59(52-49-46-43-40-38-35-26-23-20-17-14-11-8-2)70-61(65)54-51-48-45-42-37-24-21-18-15-12-9-3/h18,21,27-28,49,52,58-59H,7-17,19-20,22-26,29-48,50-51,53-57H2,1-6H3,(H-,62,64,66,67)/p+1/b21-18-,28-27+,52-49+. The number of esters is 1. The number of nitrogens with one attached hydrogen (secondary N) is 1. The summed E-state index contributed by atoms with van der Waals surface area (Å²) >= 11 is 0. The van der Waals surface area contributed by atoms with Crippen molar-refractivity contribution in [1.29, 1.82) is 0 Å². The molecule has 0 heterocycles. The molecule has 0 fully saturated rings. The second-order valence-electron chi connectivity index (χ2n) is 21.9. The van der Waals surface area contributed by atoms with Gasteiger partial charge in [-0.25, -0.2) is 4.57 Å². The van der Waals surface area contributed by atoms with Gasteiger partial charge in [0, 0.05) is 12.8 Å². The summed E-state index contributed by atoms with van der Waals surface area (Å²) in [6.45, 7) is 6.99. The van der Waals surface area contributed by atoms with Crippen LogP contribution in [0.25, 0.3) is 0 Å². The zero-order valence-electron chi connectivity index (χ0n) is 47.7. The Bertz CT molecular complexity index is 1310. The van der Waals surface area contributed by atoms with Gasteiger partial charge in [0.15, 0.2) is 0 Å². The van der Waals surface area contributed by atoms with Gasteiger partial charge in [0.2, 0.25) is 5.91 Å². The first kappa shape index (κ1) is 69.2. The van der Waals surface area contributed by atoms with E-state index in [2.05, 4.69) is 50.4 Å². The number of quaternary nitrogens is 1. The second kappa shape index (κ2) is 51.7. The fraction of sp³-hybridized carbons (Fsp3) is 0.869. The number of ether oxygens (including phenoxy) is 1. The Morgan fingerprint density at radius 2 is 0.831 bits per heavy atom. The lowest BCUT2D eigenvalue weighted by Gasteiger charge is -2.27. The van der Waals surface area contributed by atoms with Gasteiger partial charge in [-0.1, -0.05) is 237 Å². The summed E-state index contributed by atoms with van der Waals surface area (Å²) in [4.78, 5) is 37.6. The lowest BCUT2D eigenvalue weighted by atomic mass is 10.0. The molecule has 0 aromatic heterocycles. The van der Waals surface area contributed by atoms with E-state index in [1.54, 1.807) is 0 Å². The van der Waals surface area contributed by atoms with Gasteiger partial charge in [-0.15, -0.1) is 0 Å². The number of allylic oxidation sites excluding steroid dienone is 5. The average molecular weight is 1020 g/mol. The van der Waals surface area contributed by atoms with Crippen LogP contribution in [0.5, 0.6) is 0 Å². The molecule has 0 rings (SSSR count). The number of phosphoric acid groups is 1. The number of hydrogen-bond donors (Lipinski definition) is 2. The van der Waals surface area contributed by atoms with Crippen molar-refractivity contribution in [2.75, 3.05) is 40.9 Å². The first-order valence-corrected chi connectivity index (χ1v) is 31.8. The summed E-state index contributed by atoms with van der Waals surface area (Å²) in [5.41, 5.74) is 0. The molecule has 71 heavy (non-hydrogen) atoms. The van der Waals surface area contributed by atoms with Gasteiger partial charge in [0.05, 0.1) is 33.8 Å². The van der Waals surface area contributed by atoms with Crippen LogP contribution in [0.15, 0.2) is 36.5 Å². The fourth-order valence-corrected chi connectivity index (χ4v) is 9.53. The Labute approximate surface area is 440 Å². The van der Waals surface area contributed by atoms with Crippen molar-refractivity contribution >= 4 is 19.7 Å². The molecule has 2 N–H and O–H groups in total. The van der Waals surface area contributed by atoms with E-state index in [0.717, 1.165) is 83.5 Å². The molecule has 9 nitrogen and oxygen atoms in total. The maximum Gasteiger partial charge on any atom is 0.472 e. The molecule has 3 unspecified atom stereocenters. The van der Waals surface area contributed by atoms with Crippen LogP contribution in [0.3, 0.4) is 0 Å². The van der Waals surface area contributed by atoms with Crippen molar-refractivity contribution in [3.05, 3.63) is 36.5 Å². The van der Waals surface area contributed by atoms with Gasteiger partial charge in [-0.3, -0.25) is 18.6 Å². The number of carbonyl (C=O) groups is 2. The van der Waals surface area contributed by atoms with Crippen LogP contribution in [-0.4, -0.2) is 74.3 Å². The van der Waals surface area contributed by atoms with Crippen molar-refractivity contribution in [2.24, 2.45) is 0 Å². The number of unbranched alkanes of at least 4 members (excludes halogenated alkanes) is 35. The fourth-order valence-electron chi connectivity index (χ4n) is 8.80. The minimum absolute atomic E-state index is 0.0404. The van der Waals surface area contributed by atoms with Crippen LogP contribution in [0.4, 0.5) is 0 Å². The van der Waals surface area contributed by atoms with E-state index in [0.29, 0.717) is 17.4 Å². The minimum atomic E-state index is -4.44. The molecule has 0 aliphatic rings. The summed E-state index contributed by atoms with van der Waals surface area (Å²) < 4.78 is 30.6. The van der Waals surface area contributed by atoms with Gasteiger partial charge < -0.3 is 19.4 Å². The van der Waals surface area contributed by atoms with Crippen molar-refractivity contribution in [2.45, 2.75) is 303 Å². The molecule has 10 heteroatoms. The SMILES string of the molecule is CCCC/C=C\CCCCCCCC(=O)OC(/C=C/CCCCCCCCCCCCC)C(COP(=O)(O)OCC[N+](C)(C)C)NC(=O)CCCCCCCCCCCCC/C=C/CCCCCCCC. The van der Waals surface area contributed by atoms with Gasteiger partial charge in [-0.2, -0.15) is 0 Å². The molecule has 0 spiro atoms. The number of carbonyl (C=O) groups excluding carboxylic acids is 2. The highest BCUT2D eigenvalue weighted by Crippen LogP contribution is 2.43. The van der Waals surface area contributed by atoms with Crippen molar-refractivity contribution in [3.63, 3.8) is 0 Å². The first-order valence-electron chi connectivity index (χ1n) is 30.3. The number of nitrogens with zero attached hydrogens (tertiary/aromatic N) is 1.